The van der Waals surface area contributed by atoms with Crippen LogP contribution in [0, 0.1) is 0 Å². The van der Waals surface area contributed by atoms with E-state index in [0.717, 1.165) is 6.42 Å². The monoisotopic (exact) mass is 237 g/mol. The largest absolute Gasteiger partial charge is 0.323 e. The van der Waals surface area contributed by atoms with E-state index in [-0.39, 0.29) is 6.04 Å². The van der Waals surface area contributed by atoms with E-state index in [2.05, 4.69) is 45.0 Å². The molecule has 0 fully saturated rings. The molecule has 1 rings (SSSR count). The van der Waals surface area contributed by atoms with Gasteiger partial charge in [-0.05, 0) is 18.4 Å². The van der Waals surface area contributed by atoms with Crippen molar-refractivity contribution in [2.45, 2.75) is 50.2 Å². The standard InChI is InChI=1S/C14H23NS/c1-4-11(3)16-13(5-2)14(15)12-9-7-6-8-10-12/h6-11,13-14H,4-5,15H2,1-3H3. The molecular formula is C14H23NS. The molecular weight excluding hydrogens is 214 g/mol. The number of hydrogen-bond acceptors (Lipinski definition) is 2. The first kappa shape index (κ1) is 13.6. The number of benzene rings is 1. The summed E-state index contributed by atoms with van der Waals surface area (Å²) in [5.41, 5.74) is 7.59. The summed E-state index contributed by atoms with van der Waals surface area (Å²) >= 11 is 2.02. The Balaban J connectivity index is 2.66. The molecule has 0 bridgehead atoms. The lowest BCUT2D eigenvalue weighted by molar-refractivity contribution is 0.652. The van der Waals surface area contributed by atoms with E-state index in [4.69, 9.17) is 5.73 Å². The predicted octanol–water partition coefficient (Wildman–Crippen LogP) is 4.00. The molecule has 0 heterocycles. The SMILES string of the molecule is CCC(C)SC(CC)C(N)c1ccccc1. The van der Waals surface area contributed by atoms with Crippen LogP contribution in [-0.4, -0.2) is 10.5 Å². The molecule has 0 spiro atoms. The molecule has 0 aliphatic heterocycles. The third kappa shape index (κ3) is 3.84. The third-order valence-corrected chi connectivity index (χ3v) is 4.74. The molecule has 2 N–H and O–H groups in total. The Morgan fingerprint density at radius 3 is 2.25 bits per heavy atom. The van der Waals surface area contributed by atoms with Crippen LogP contribution < -0.4 is 5.73 Å². The van der Waals surface area contributed by atoms with Crippen LogP contribution in [-0.2, 0) is 0 Å². The van der Waals surface area contributed by atoms with Crippen LogP contribution in [0.15, 0.2) is 30.3 Å². The van der Waals surface area contributed by atoms with E-state index in [1.165, 1.54) is 12.0 Å². The van der Waals surface area contributed by atoms with Gasteiger partial charge in [0.1, 0.15) is 0 Å². The van der Waals surface area contributed by atoms with Gasteiger partial charge in [0.25, 0.3) is 0 Å². The zero-order chi connectivity index (χ0) is 12.0. The van der Waals surface area contributed by atoms with Crippen LogP contribution in [0.5, 0.6) is 0 Å². The Labute approximate surface area is 104 Å². The van der Waals surface area contributed by atoms with E-state index in [9.17, 15) is 0 Å². The van der Waals surface area contributed by atoms with Gasteiger partial charge in [-0.25, -0.2) is 0 Å². The molecule has 0 saturated heterocycles. The first-order valence-electron chi connectivity index (χ1n) is 6.15. The van der Waals surface area contributed by atoms with Crippen molar-refractivity contribution in [2.75, 3.05) is 0 Å². The van der Waals surface area contributed by atoms with Crippen molar-refractivity contribution in [2.24, 2.45) is 5.73 Å². The van der Waals surface area contributed by atoms with Crippen molar-refractivity contribution in [1.29, 1.82) is 0 Å². The van der Waals surface area contributed by atoms with E-state index in [0.29, 0.717) is 10.5 Å². The minimum Gasteiger partial charge on any atom is -0.323 e. The Bertz CT molecular complexity index is 286. The molecule has 1 aromatic rings. The van der Waals surface area contributed by atoms with Gasteiger partial charge in [-0.3, -0.25) is 0 Å². The summed E-state index contributed by atoms with van der Waals surface area (Å²) in [6.45, 7) is 6.74. The van der Waals surface area contributed by atoms with Crippen LogP contribution in [0.1, 0.15) is 45.2 Å². The summed E-state index contributed by atoms with van der Waals surface area (Å²) in [7, 11) is 0. The van der Waals surface area contributed by atoms with Crippen LogP contribution in [0.4, 0.5) is 0 Å². The highest BCUT2D eigenvalue weighted by Gasteiger charge is 2.19. The molecule has 0 aromatic heterocycles. The van der Waals surface area contributed by atoms with Gasteiger partial charge in [0, 0.05) is 16.5 Å². The van der Waals surface area contributed by atoms with Crippen LogP contribution in [0.2, 0.25) is 0 Å². The summed E-state index contributed by atoms with van der Waals surface area (Å²) in [5, 5.41) is 1.22. The average Bonchev–Trinajstić information content (AvgIpc) is 2.35. The maximum atomic E-state index is 6.33. The second-order valence-corrected chi connectivity index (χ2v) is 5.92. The van der Waals surface area contributed by atoms with Gasteiger partial charge in [-0.2, -0.15) is 11.8 Å². The molecule has 16 heavy (non-hydrogen) atoms. The number of thioether (sulfide) groups is 1. The van der Waals surface area contributed by atoms with Gasteiger partial charge in [0.2, 0.25) is 0 Å². The predicted molar refractivity (Wildman–Crippen MR) is 74.8 cm³/mol. The molecule has 0 saturated carbocycles. The minimum absolute atomic E-state index is 0.158. The van der Waals surface area contributed by atoms with Gasteiger partial charge in [-0.15, -0.1) is 0 Å². The average molecular weight is 237 g/mol. The Kier molecular flexibility index (Phi) is 5.93. The molecule has 0 aliphatic rings. The van der Waals surface area contributed by atoms with Gasteiger partial charge >= 0.3 is 0 Å². The first-order valence-corrected chi connectivity index (χ1v) is 7.09. The maximum absolute atomic E-state index is 6.33. The van der Waals surface area contributed by atoms with Crippen LogP contribution >= 0.6 is 11.8 Å². The molecule has 1 aromatic carbocycles. The fraction of sp³-hybridized carbons (Fsp3) is 0.571. The molecule has 0 amide bonds. The van der Waals surface area contributed by atoms with E-state index >= 15 is 0 Å². The van der Waals surface area contributed by atoms with Gasteiger partial charge < -0.3 is 5.73 Å². The molecule has 90 valence electrons. The summed E-state index contributed by atoms with van der Waals surface area (Å²) < 4.78 is 0. The first-order chi connectivity index (χ1) is 7.69. The molecule has 0 aliphatic carbocycles. The quantitative estimate of drug-likeness (QED) is 0.809. The van der Waals surface area contributed by atoms with Crippen LogP contribution in [0.25, 0.3) is 0 Å². The molecule has 3 unspecified atom stereocenters. The lowest BCUT2D eigenvalue weighted by Gasteiger charge is -2.25. The van der Waals surface area contributed by atoms with Gasteiger partial charge in [0.05, 0.1) is 0 Å². The smallest absolute Gasteiger partial charge is 0.0415 e. The normalized spacial score (nSPS) is 16.8. The van der Waals surface area contributed by atoms with E-state index in [1.807, 2.05) is 17.8 Å². The second-order valence-electron chi connectivity index (χ2n) is 4.24. The number of nitrogens with two attached hydrogens (primary N) is 1. The Morgan fingerprint density at radius 2 is 1.75 bits per heavy atom. The van der Waals surface area contributed by atoms with Gasteiger partial charge in [0.15, 0.2) is 0 Å². The summed E-state index contributed by atoms with van der Waals surface area (Å²) in [6.07, 6.45) is 2.34. The molecule has 1 nitrogen and oxygen atoms in total. The molecule has 0 radical (unpaired) electrons. The highest BCUT2D eigenvalue weighted by molar-refractivity contribution is 8.00. The third-order valence-electron chi connectivity index (χ3n) is 2.97. The highest BCUT2D eigenvalue weighted by Crippen LogP contribution is 2.31. The lowest BCUT2D eigenvalue weighted by atomic mass is 10.0. The van der Waals surface area contributed by atoms with Gasteiger partial charge in [-0.1, -0.05) is 51.1 Å². The lowest BCUT2D eigenvalue weighted by Crippen LogP contribution is -2.24. The van der Waals surface area contributed by atoms with Crippen molar-refractivity contribution >= 4 is 11.8 Å². The van der Waals surface area contributed by atoms with Crippen molar-refractivity contribution < 1.29 is 0 Å². The molecule has 2 heteroatoms. The van der Waals surface area contributed by atoms with Crippen molar-refractivity contribution in [3.63, 3.8) is 0 Å². The zero-order valence-corrected chi connectivity index (χ0v) is 11.3. The molecule has 3 atom stereocenters. The van der Waals surface area contributed by atoms with Crippen molar-refractivity contribution in [3.05, 3.63) is 35.9 Å². The summed E-state index contributed by atoms with van der Waals surface area (Å²) in [5.74, 6) is 0. The zero-order valence-electron chi connectivity index (χ0n) is 10.5. The van der Waals surface area contributed by atoms with Crippen molar-refractivity contribution in [1.82, 2.24) is 0 Å². The highest BCUT2D eigenvalue weighted by atomic mass is 32.2. The Hall–Kier alpha value is -0.470. The topological polar surface area (TPSA) is 26.0 Å². The van der Waals surface area contributed by atoms with Crippen molar-refractivity contribution in [3.8, 4) is 0 Å². The second kappa shape index (κ2) is 6.97. The number of hydrogen-bond donors (Lipinski definition) is 1. The summed E-state index contributed by atoms with van der Waals surface area (Å²) in [4.78, 5) is 0. The minimum atomic E-state index is 0.158. The summed E-state index contributed by atoms with van der Waals surface area (Å²) in [6, 6.07) is 10.6. The van der Waals surface area contributed by atoms with E-state index in [1.54, 1.807) is 0 Å². The van der Waals surface area contributed by atoms with Crippen LogP contribution in [0.3, 0.4) is 0 Å². The fourth-order valence-electron chi connectivity index (χ4n) is 1.72. The number of rotatable bonds is 6. The Morgan fingerprint density at radius 1 is 1.12 bits per heavy atom. The maximum Gasteiger partial charge on any atom is 0.0415 e. The van der Waals surface area contributed by atoms with E-state index < -0.39 is 0 Å². The fourth-order valence-corrected chi connectivity index (χ4v) is 3.03.